The van der Waals surface area contributed by atoms with Crippen LogP contribution in [0.2, 0.25) is 5.02 Å². The minimum absolute atomic E-state index is 0.0966. The Morgan fingerprint density at radius 3 is 2.39 bits per heavy atom. The lowest BCUT2D eigenvalue weighted by Gasteiger charge is -2.28. The number of nitrogens with two attached hydrogens (primary N) is 1. The van der Waals surface area contributed by atoms with Gasteiger partial charge in [0.15, 0.2) is 0 Å². The number of thioether (sulfide) groups is 1. The largest absolute Gasteiger partial charge is 0.431 e. The van der Waals surface area contributed by atoms with E-state index in [0.29, 0.717) is 17.8 Å². The van der Waals surface area contributed by atoms with Gasteiger partial charge in [0.2, 0.25) is 5.91 Å². The van der Waals surface area contributed by atoms with Gasteiger partial charge in [-0.05, 0) is 42.1 Å². The summed E-state index contributed by atoms with van der Waals surface area (Å²) in [5.74, 6) is -3.23. The lowest BCUT2D eigenvalue weighted by molar-refractivity contribution is -0.613. The smallest absolute Gasteiger partial charge is 0.370 e. The topological polar surface area (TPSA) is 151 Å². The van der Waals surface area contributed by atoms with Crippen molar-refractivity contribution in [1.29, 1.82) is 0 Å². The van der Waals surface area contributed by atoms with Crippen LogP contribution in [0.1, 0.15) is 12.1 Å². The van der Waals surface area contributed by atoms with E-state index < -0.39 is 94.4 Å². The van der Waals surface area contributed by atoms with E-state index >= 15 is 4.39 Å². The maximum atomic E-state index is 15.1. The summed E-state index contributed by atoms with van der Waals surface area (Å²) in [6.45, 7) is 2.97. The normalized spacial score (nSPS) is 19.8. The molecule has 0 radical (unpaired) electrons. The van der Waals surface area contributed by atoms with Crippen molar-refractivity contribution in [2.45, 2.75) is 22.7 Å². The van der Waals surface area contributed by atoms with Crippen LogP contribution in [-0.4, -0.2) is 50.2 Å². The number of benzene rings is 2. The van der Waals surface area contributed by atoms with Crippen LogP contribution in [0.3, 0.4) is 0 Å². The van der Waals surface area contributed by atoms with Gasteiger partial charge in [0.25, 0.3) is 10.7 Å². The number of primary amides is 1. The standard InChI is InChI=1S/C26H20ClF4N5O6S2/c1-3-9-36(44(41,42)14-7-5-4-6-8-14)23(39)19(12-21(32)37)43-24(36)33-17-11-18(16(28)10-15(17)27)35-22(38)13-20(26(29,30)31)34(2)25(35)40/h3-8,10-11,13,19H,1,9,12H2,2H3,(H-,32,37)/p+1. The summed E-state index contributed by atoms with van der Waals surface area (Å²) in [5, 5.41) is -2.28. The monoisotopic (exact) mass is 674 g/mol. The van der Waals surface area contributed by atoms with E-state index in [2.05, 4.69) is 11.6 Å². The molecule has 2 aromatic carbocycles. The molecule has 0 aliphatic carbocycles. The van der Waals surface area contributed by atoms with Gasteiger partial charge in [0.1, 0.15) is 28.2 Å². The molecule has 4 rings (SSSR count). The third-order valence-electron chi connectivity index (χ3n) is 6.50. The Morgan fingerprint density at radius 2 is 1.82 bits per heavy atom. The molecule has 3 aromatic rings. The van der Waals surface area contributed by atoms with Crippen molar-refractivity contribution in [2.24, 2.45) is 17.8 Å². The van der Waals surface area contributed by atoms with Crippen molar-refractivity contribution in [3.8, 4) is 5.69 Å². The van der Waals surface area contributed by atoms with Gasteiger partial charge in [-0.2, -0.15) is 26.6 Å². The number of hydrogen-bond acceptors (Lipinski definition) is 8. The predicted molar refractivity (Wildman–Crippen MR) is 153 cm³/mol. The van der Waals surface area contributed by atoms with Gasteiger partial charge in [0.05, 0.1) is 22.8 Å². The molecule has 2 amide bonds. The molecule has 0 bridgehead atoms. The average molecular weight is 675 g/mol. The van der Waals surface area contributed by atoms with Gasteiger partial charge in [-0.25, -0.2) is 18.5 Å². The number of rotatable bonds is 8. The van der Waals surface area contributed by atoms with E-state index in [1.54, 1.807) is 0 Å². The predicted octanol–water partition coefficient (Wildman–Crippen LogP) is 3.24. The van der Waals surface area contributed by atoms with E-state index in [0.717, 1.165) is 19.2 Å². The van der Waals surface area contributed by atoms with Crippen LogP contribution in [0.25, 0.3) is 5.69 Å². The molecule has 11 nitrogen and oxygen atoms in total. The van der Waals surface area contributed by atoms with E-state index in [1.165, 1.54) is 30.3 Å². The number of carbonyl (C=O) groups is 2. The Hall–Kier alpha value is -4.06. The first-order chi connectivity index (χ1) is 20.5. The summed E-state index contributed by atoms with van der Waals surface area (Å²) < 4.78 is 82.0. The zero-order chi connectivity index (χ0) is 32.8. The molecule has 2 atom stereocenters. The zero-order valence-electron chi connectivity index (χ0n) is 22.4. The molecule has 0 saturated carbocycles. The maximum Gasteiger partial charge on any atom is 0.431 e. The fourth-order valence-electron chi connectivity index (χ4n) is 4.46. The summed E-state index contributed by atoms with van der Waals surface area (Å²) in [4.78, 5) is 55.0. The maximum absolute atomic E-state index is 15.1. The molecule has 2 unspecified atom stereocenters. The fourth-order valence-corrected chi connectivity index (χ4v) is 8.18. The summed E-state index contributed by atoms with van der Waals surface area (Å²) in [6.07, 6.45) is -4.53. The van der Waals surface area contributed by atoms with Crippen LogP contribution in [0.4, 0.5) is 23.2 Å². The molecule has 18 heteroatoms. The second-order valence-electron chi connectivity index (χ2n) is 9.31. The van der Waals surface area contributed by atoms with Crippen molar-refractivity contribution in [2.75, 3.05) is 6.54 Å². The number of amides is 2. The number of halogens is 5. The number of amidine groups is 1. The molecule has 0 spiro atoms. The van der Waals surface area contributed by atoms with Gasteiger partial charge in [-0.3, -0.25) is 14.2 Å². The average Bonchev–Trinajstić information content (AvgIpc) is 3.19. The molecule has 232 valence electrons. The van der Waals surface area contributed by atoms with Gasteiger partial charge in [0, 0.05) is 13.1 Å². The van der Waals surface area contributed by atoms with E-state index in [1.807, 2.05) is 0 Å². The summed E-state index contributed by atoms with van der Waals surface area (Å²) in [6, 6.07) is 8.26. The van der Waals surface area contributed by atoms with Crippen molar-refractivity contribution in [3.05, 3.63) is 98.6 Å². The second-order valence-corrected chi connectivity index (χ2v) is 12.9. The van der Waals surface area contributed by atoms with E-state index in [9.17, 15) is 40.8 Å². The first-order valence-corrected chi connectivity index (χ1v) is 14.9. The Kier molecular flexibility index (Phi) is 8.80. The molecule has 2 N–H and O–H groups in total. The Balaban J connectivity index is 2.02. The van der Waals surface area contributed by atoms with Crippen molar-refractivity contribution < 1.29 is 39.5 Å². The number of hydrogen-bond donors (Lipinski definition) is 1. The van der Waals surface area contributed by atoms with Crippen molar-refractivity contribution in [3.63, 3.8) is 0 Å². The highest BCUT2D eigenvalue weighted by Gasteiger charge is 2.63. The van der Waals surface area contributed by atoms with Crippen LogP contribution in [0, 0.1) is 5.82 Å². The van der Waals surface area contributed by atoms with Crippen molar-refractivity contribution >= 4 is 56.1 Å². The molecule has 2 heterocycles. The third-order valence-corrected chi connectivity index (χ3v) is 10.4. The molecular weight excluding hydrogens is 654 g/mol. The van der Waals surface area contributed by atoms with Gasteiger partial charge >= 0.3 is 27.8 Å². The highest BCUT2D eigenvalue weighted by Crippen LogP contribution is 2.43. The van der Waals surface area contributed by atoms with Gasteiger partial charge < -0.3 is 5.73 Å². The minimum Gasteiger partial charge on any atom is -0.370 e. The molecule has 1 aromatic heterocycles. The van der Waals surface area contributed by atoms with Crippen LogP contribution in [-0.2, 0) is 32.8 Å². The quantitative estimate of drug-likeness (QED) is 0.219. The summed E-state index contributed by atoms with van der Waals surface area (Å²) >= 11 is 6.78. The summed E-state index contributed by atoms with van der Waals surface area (Å²) in [5.41, 5.74) is -0.687. The van der Waals surface area contributed by atoms with Gasteiger partial charge in [-0.15, -0.1) is 0 Å². The van der Waals surface area contributed by atoms with Crippen LogP contribution in [0.5, 0.6) is 0 Å². The molecule has 1 saturated heterocycles. The molecule has 1 fully saturated rings. The van der Waals surface area contributed by atoms with E-state index in [4.69, 9.17) is 17.3 Å². The summed E-state index contributed by atoms with van der Waals surface area (Å²) in [7, 11) is -3.96. The number of carbonyl (C=O) groups excluding carboxylic acids is 2. The Labute approximate surface area is 255 Å². The van der Waals surface area contributed by atoms with Crippen LogP contribution < -0.4 is 17.0 Å². The Bertz CT molecular complexity index is 1960. The number of alkyl halides is 3. The lowest BCUT2D eigenvalue weighted by atomic mass is 10.2. The highest BCUT2D eigenvalue weighted by molar-refractivity contribution is 8.16. The first-order valence-electron chi connectivity index (χ1n) is 12.2. The Morgan fingerprint density at radius 1 is 1.18 bits per heavy atom. The van der Waals surface area contributed by atoms with Gasteiger partial charge in [-0.1, -0.05) is 40.3 Å². The first kappa shape index (κ1) is 32.8. The van der Waals surface area contributed by atoms with E-state index in [-0.39, 0.29) is 20.1 Å². The third kappa shape index (κ3) is 5.51. The number of quaternary nitrogens is 1. The second kappa shape index (κ2) is 11.8. The zero-order valence-corrected chi connectivity index (χ0v) is 24.8. The lowest BCUT2D eigenvalue weighted by Crippen LogP contribution is -2.57. The molecular formula is C26H21ClF4N5O6S2+. The molecule has 1 aliphatic rings. The molecule has 1 aliphatic heterocycles. The highest BCUT2D eigenvalue weighted by atomic mass is 35.5. The fraction of sp³-hybridized carbons (Fsp3) is 0.192. The number of nitrogens with zero attached hydrogens (tertiary/aromatic N) is 4. The minimum atomic E-state index is -5.08. The number of sulfonamides is 1. The number of aromatic nitrogens is 2. The van der Waals surface area contributed by atoms with Crippen LogP contribution >= 0.6 is 23.4 Å². The SMILES string of the molecule is C=CC[N+]1(S(=O)(=O)c2ccccc2)C(=O)C(CC(N)=O)SC1=Nc1cc(-n2c(=O)cc(C(F)(F)F)n(C)c2=O)c(F)cc1Cl. The number of aliphatic imine (C=N–C) groups is 1. The van der Waals surface area contributed by atoms with Crippen molar-refractivity contribution in [1.82, 2.24) is 9.13 Å². The molecule has 44 heavy (non-hydrogen) atoms. The van der Waals surface area contributed by atoms with Crippen LogP contribution in [0.15, 0.2) is 80.7 Å².